The number of hydrogen-bond acceptors (Lipinski definition) is 3. The predicted molar refractivity (Wildman–Crippen MR) is 116 cm³/mol. The maximum Gasteiger partial charge on any atom is 0.191 e. The van der Waals surface area contributed by atoms with Crippen LogP contribution in [0.3, 0.4) is 0 Å². The van der Waals surface area contributed by atoms with Crippen molar-refractivity contribution >= 4 is 23.4 Å². The third kappa shape index (κ3) is 4.76. The Morgan fingerprint density at radius 1 is 1.18 bits per heavy atom. The molecule has 5 nitrogen and oxygen atoms in total. The molecule has 1 aliphatic heterocycles. The van der Waals surface area contributed by atoms with Gasteiger partial charge in [-0.3, -0.25) is 4.99 Å². The molecule has 2 aliphatic rings. The minimum Gasteiger partial charge on any atom is -0.356 e. The van der Waals surface area contributed by atoms with E-state index in [9.17, 15) is 0 Å². The molecule has 1 saturated carbocycles. The quantitative estimate of drug-likeness (QED) is 0.595. The van der Waals surface area contributed by atoms with Gasteiger partial charge in [-0.05, 0) is 56.0 Å². The molecule has 2 atom stereocenters. The van der Waals surface area contributed by atoms with E-state index in [1.165, 1.54) is 5.56 Å². The van der Waals surface area contributed by atoms with Gasteiger partial charge in [0, 0.05) is 48.9 Å². The Kier molecular flexibility index (Phi) is 6.01. The van der Waals surface area contributed by atoms with Crippen LogP contribution in [0.15, 0.2) is 53.7 Å². The molecular formula is C22H28ClN5. The largest absolute Gasteiger partial charge is 0.356 e. The van der Waals surface area contributed by atoms with Crippen LogP contribution in [0.1, 0.15) is 37.7 Å². The second-order valence-corrected chi connectivity index (χ2v) is 8.00. The van der Waals surface area contributed by atoms with Gasteiger partial charge >= 0.3 is 0 Å². The maximum absolute atomic E-state index is 6.14. The molecule has 1 saturated heterocycles. The molecule has 0 spiro atoms. The molecule has 6 heteroatoms. The van der Waals surface area contributed by atoms with Crippen molar-refractivity contribution in [2.45, 2.75) is 44.2 Å². The van der Waals surface area contributed by atoms with E-state index in [1.807, 2.05) is 24.4 Å². The first-order chi connectivity index (χ1) is 13.7. The molecule has 148 valence electrons. The fourth-order valence-corrected chi connectivity index (χ4v) is 4.11. The number of rotatable bonds is 5. The molecular weight excluding hydrogens is 370 g/mol. The van der Waals surface area contributed by atoms with Crippen molar-refractivity contribution in [3.8, 4) is 0 Å². The number of benzene rings is 1. The summed E-state index contributed by atoms with van der Waals surface area (Å²) in [6, 6.07) is 15.2. The lowest BCUT2D eigenvalue weighted by molar-refractivity contribution is 0.459. The number of pyridine rings is 1. The van der Waals surface area contributed by atoms with E-state index >= 15 is 0 Å². The number of nitrogens with zero attached hydrogens (tertiary/aromatic N) is 3. The Morgan fingerprint density at radius 2 is 2.04 bits per heavy atom. The Balaban J connectivity index is 1.29. The van der Waals surface area contributed by atoms with Gasteiger partial charge in [-0.2, -0.15) is 0 Å². The summed E-state index contributed by atoms with van der Waals surface area (Å²) in [4.78, 5) is 11.5. The first-order valence-corrected chi connectivity index (χ1v) is 10.6. The molecule has 0 bridgehead atoms. The number of hydrogen-bond donors (Lipinski definition) is 2. The van der Waals surface area contributed by atoms with Crippen molar-refractivity contribution in [3.63, 3.8) is 0 Å². The van der Waals surface area contributed by atoms with Gasteiger partial charge in [0.25, 0.3) is 0 Å². The fraction of sp³-hybridized carbons (Fsp3) is 0.455. The van der Waals surface area contributed by atoms with E-state index in [2.05, 4.69) is 56.7 Å². The van der Waals surface area contributed by atoms with Gasteiger partial charge in [0.2, 0.25) is 0 Å². The van der Waals surface area contributed by atoms with Gasteiger partial charge in [0.1, 0.15) is 5.82 Å². The summed E-state index contributed by atoms with van der Waals surface area (Å²) >= 11 is 6.14. The monoisotopic (exact) mass is 397 g/mol. The summed E-state index contributed by atoms with van der Waals surface area (Å²) in [6.07, 6.45) is 5.16. The lowest BCUT2D eigenvalue weighted by atomic mass is 10.1. The van der Waals surface area contributed by atoms with Crippen LogP contribution in [0.2, 0.25) is 5.02 Å². The second-order valence-electron chi connectivity index (χ2n) is 7.56. The average Bonchev–Trinajstić information content (AvgIpc) is 3.49. The van der Waals surface area contributed by atoms with Crippen molar-refractivity contribution in [1.29, 1.82) is 0 Å². The lowest BCUT2D eigenvalue weighted by Crippen LogP contribution is -2.49. The molecule has 2 aromatic rings. The Morgan fingerprint density at radius 3 is 2.75 bits per heavy atom. The zero-order valence-electron chi connectivity index (χ0n) is 16.3. The molecule has 1 aromatic heterocycles. The smallest absolute Gasteiger partial charge is 0.191 e. The summed E-state index contributed by atoms with van der Waals surface area (Å²) < 4.78 is 0. The molecule has 1 aliphatic carbocycles. The normalized spacial score (nSPS) is 22.8. The first-order valence-electron chi connectivity index (χ1n) is 10.2. The van der Waals surface area contributed by atoms with E-state index in [1.54, 1.807) is 0 Å². The van der Waals surface area contributed by atoms with Crippen LogP contribution in [-0.4, -0.2) is 42.7 Å². The average molecular weight is 398 g/mol. The second kappa shape index (κ2) is 8.82. The van der Waals surface area contributed by atoms with Crippen molar-refractivity contribution in [2.75, 3.05) is 24.5 Å². The highest BCUT2D eigenvalue weighted by molar-refractivity contribution is 6.30. The highest BCUT2D eigenvalue weighted by atomic mass is 35.5. The van der Waals surface area contributed by atoms with E-state index in [0.717, 1.165) is 55.7 Å². The van der Waals surface area contributed by atoms with Crippen molar-refractivity contribution in [2.24, 2.45) is 4.99 Å². The molecule has 4 rings (SSSR count). The number of guanidine groups is 1. The molecule has 2 fully saturated rings. The number of aliphatic imine (C=N–C) groups is 1. The van der Waals surface area contributed by atoms with Gasteiger partial charge in [-0.15, -0.1) is 0 Å². The molecule has 0 amide bonds. The predicted octanol–water partition coefficient (Wildman–Crippen LogP) is 3.82. The minimum atomic E-state index is 0.435. The van der Waals surface area contributed by atoms with E-state index < -0.39 is 0 Å². The number of piperidine rings is 1. The van der Waals surface area contributed by atoms with Crippen LogP contribution in [0.5, 0.6) is 0 Å². The molecule has 1 aromatic carbocycles. The van der Waals surface area contributed by atoms with E-state index in [0.29, 0.717) is 18.0 Å². The maximum atomic E-state index is 6.14. The first kappa shape index (κ1) is 19.1. The summed E-state index contributed by atoms with van der Waals surface area (Å²) in [5.74, 6) is 2.53. The van der Waals surface area contributed by atoms with Crippen molar-refractivity contribution < 1.29 is 0 Å². The van der Waals surface area contributed by atoms with E-state index in [-0.39, 0.29) is 0 Å². The number of nitrogens with one attached hydrogen (secondary N) is 2. The van der Waals surface area contributed by atoms with Crippen LogP contribution in [0.25, 0.3) is 0 Å². The highest BCUT2D eigenvalue weighted by Gasteiger charge is 2.39. The molecule has 2 heterocycles. The molecule has 0 radical (unpaired) electrons. The van der Waals surface area contributed by atoms with Gasteiger partial charge in [0.15, 0.2) is 5.96 Å². The lowest BCUT2D eigenvalue weighted by Gasteiger charge is -2.33. The zero-order valence-corrected chi connectivity index (χ0v) is 17.1. The number of aromatic nitrogens is 1. The molecule has 28 heavy (non-hydrogen) atoms. The third-order valence-electron chi connectivity index (χ3n) is 5.51. The van der Waals surface area contributed by atoms with Crippen molar-refractivity contribution in [1.82, 2.24) is 15.6 Å². The zero-order chi connectivity index (χ0) is 19.3. The van der Waals surface area contributed by atoms with Crippen LogP contribution in [0, 0.1) is 0 Å². The topological polar surface area (TPSA) is 52.6 Å². The standard InChI is InChI=1S/C22H28ClN5/c1-2-24-22(27-20-15-19(20)16-6-5-7-17(23)14-16)26-18-9-12-28(13-10-18)21-8-3-4-11-25-21/h3-8,11,14,18-20H,2,9-10,12-13,15H2,1H3,(H2,24,26,27). The summed E-state index contributed by atoms with van der Waals surface area (Å²) in [7, 11) is 0. The number of anilines is 1. The SMILES string of the molecule is CCN=C(NC1CCN(c2ccccn2)CC1)NC1CC1c1cccc(Cl)c1. The van der Waals surface area contributed by atoms with Crippen molar-refractivity contribution in [3.05, 3.63) is 59.2 Å². The van der Waals surface area contributed by atoms with Crippen LogP contribution >= 0.6 is 11.6 Å². The number of halogens is 1. The molecule has 2 unspecified atom stereocenters. The van der Waals surface area contributed by atoms with Gasteiger partial charge in [-0.1, -0.05) is 29.8 Å². The minimum absolute atomic E-state index is 0.435. The van der Waals surface area contributed by atoms with Crippen LogP contribution in [0.4, 0.5) is 5.82 Å². The van der Waals surface area contributed by atoms with Crippen LogP contribution < -0.4 is 15.5 Å². The van der Waals surface area contributed by atoms with Gasteiger partial charge in [0.05, 0.1) is 0 Å². The Hall–Kier alpha value is -2.27. The highest BCUT2D eigenvalue weighted by Crippen LogP contribution is 2.41. The molecule has 2 N–H and O–H groups in total. The van der Waals surface area contributed by atoms with Crippen LogP contribution in [-0.2, 0) is 0 Å². The van der Waals surface area contributed by atoms with E-state index in [4.69, 9.17) is 11.6 Å². The summed E-state index contributed by atoms with van der Waals surface area (Å²) in [5.41, 5.74) is 1.31. The summed E-state index contributed by atoms with van der Waals surface area (Å²) in [5, 5.41) is 8.08. The fourth-order valence-electron chi connectivity index (χ4n) is 3.91. The Labute approximate surface area is 172 Å². The Bertz CT molecular complexity index is 802. The van der Waals surface area contributed by atoms with Gasteiger partial charge < -0.3 is 15.5 Å². The van der Waals surface area contributed by atoms with Gasteiger partial charge in [-0.25, -0.2) is 4.98 Å². The summed E-state index contributed by atoms with van der Waals surface area (Å²) in [6.45, 7) is 4.89. The third-order valence-corrected chi connectivity index (χ3v) is 5.75.